The monoisotopic (exact) mass is 270 g/mol. The van der Waals surface area contributed by atoms with Crippen molar-refractivity contribution in [3.05, 3.63) is 28.5 Å². The minimum absolute atomic E-state index is 0.223. The summed E-state index contributed by atoms with van der Waals surface area (Å²) in [6.07, 6.45) is 1.56. The number of carbonyl (C=O) groups is 1. The van der Waals surface area contributed by atoms with Crippen LogP contribution in [0.15, 0.2) is 12.3 Å². The molecule has 1 atom stereocenters. The molecule has 0 aliphatic carbocycles. The van der Waals surface area contributed by atoms with Gasteiger partial charge >= 0.3 is 0 Å². The summed E-state index contributed by atoms with van der Waals surface area (Å²) >= 11 is 5.96. The molecule has 18 heavy (non-hydrogen) atoms. The number of amides is 1. The van der Waals surface area contributed by atoms with Gasteiger partial charge in [-0.3, -0.25) is 9.78 Å². The molecule has 4 nitrogen and oxygen atoms in total. The number of halogens is 1. The summed E-state index contributed by atoms with van der Waals surface area (Å²) in [4.78, 5) is 15.8. The zero-order valence-corrected chi connectivity index (χ0v) is 11.7. The van der Waals surface area contributed by atoms with Crippen LogP contribution in [0.5, 0.6) is 0 Å². The molecular weight excluding hydrogens is 252 g/mol. The van der Waals surface area contributed by atoms with Crippen LogP contribution in [-0.4, -0.2) is 28.6 Å². The number of carbonyl (C=O) groups excluding carboxylic acids is 1. The smallest absolute Gasteiger partial charge is 0.254 e. The minimum atomic E-state index is -0.536. The first-order valence-electron chi connectivity index (χ1n) is 5.98. The number of nitrogens with one attached hydrogen (secondary N) is 1. The van der Waals surface area contributed by atoms with Gasteiger partial charge < -0.3 is 10.4 Å². The highest BCUT2D eigenvalue weighted by Gasteiger charge is 2.13. The molecule has 0 aliphatic rings. The van der Waals surface area contributed by atoms with Crippen LogP contribution in [0.3, 0.4) is 0 Å². The fraction of sp³-hybridized carbons (Fsp3) is 0.538. The van der Waals surface area contributed by atoms with Gasteiger partial charge in [-0.25, -0.2) is 0 Å². The summed E-state index contributed by atoms with van der Waals surface area (Å²) in [5.41, 5.74) is 1.09. The molecule has 0 spiro atoms. The van der Waals surface area contributed by atoms with Crippen LogP contribution in [-0.2, 0) is 0 Å². The lowest BCUT2D eigenvalue weighted by Gasteiger charge is -2.14. The number of aliphatic hydroxyl groups excluding tert-OH is 1. The van der Waals surface area contributed by atoms with Crippen molar-refractivity contribution in [1.82, 2.24) is 10.3 Å². The van der Waals surface area contributed by atoms with Crippen molar-refractivity contribution in [2.75, 3.05) is 6.54 Å². The van der Waals surface area contributed by atoms with Gasteiger partial charge in [0.1, 0.15) is 0 Å². The van der Waals surface area contributed by atoms with Gasteiger partial charge in [-0.05, 0) is 25.3 Å². The Morgan fingerprint density at radius 2 is 2.22 bits per heavy atom. The molecule has 0 bridgehead atoms. The van der Waals surface area contributed by atoms with Crippen molar-refractivity contribution in [2.24, 2.45) is 5.92 Å². The molecule has 100 valence electrons. The van der Waals surface area contributed by atoms with Crippen LogP contribution in [0.4, 0.5) is 0 Å². The van der Waals surface area contributed by atoms with Gasteiger partial charge in [0.25, 0.3) is 5.91 Å². The highest BCUT2D eigenvalue weighted by atomic mass is 35.5. The van der Waals surface area contributed by atoms with E-state index >= 15 is 0 Å². The molecular formula is C13H19ClN2O2. The molecule has 1 aromatic rings. The fourth-order valence-corrected chi connectivity index (χ4v) is 1.92. The van der Waals surface area contributed by atoms with E-state index in [0.717, 1.165) is 5.69 Å². The van der Waals surface area contributed by atoms with Crippen molar-refractivity contribution in [2.45, 2.75) is 33.3 Å². The van der Waals surface area contributed by atoms with Gasteiger partial charge in [0, 0.05) is 18.4 Å². The van der Waals surface area contributed by atoms with E-state index in [0.29, 0.717) is 22.9 Å². The number of aryl methyl sites for hydroxylation is 1. The first-order chi connectivity index (χ1) is 8.40. The Hall–Kier alpha value is -1.13. The Balaban J connectivity index is 2.55. The first kappa shape index (κ1) is 14.9. The summed E-state index contributed by atoms with van der Waals surface area (Å²) in [6.45, 7) is 6.07. The third kappa shape index (κ3) is 4.63. The van der Waals surface area contributed by atoms with E-state index < -0.39 is 6.10 Å². The number of aliphatic hydroxyl groups is 1. The number of aromatic nitrogens is 1. The second kappa shape index (κ2) is 6.71. The highest BCUT2D eigenvalue weighted by molar-refractivity contribution is 6.33. The van der Waals surface area contributed by atoms with Crippen LogP contribution < -0.4 is 5.32 Å². The standard InChI is InChI=1S/C13H19ClN2O2/c1-8(2)4-10(17)6-16-13(18)11-7-15-9(3)5-12(11)14/h5,7-8,10,17H,4,6H2,1-3H3,(H,16,18). The van der Waals surface area contributed by atoms with Crippen molar-refractivity contribution in [3.63, 3.8) is 0 Å². The van der Waals surface area contributed by atoms with Crippen LogP contribution in [0, 0.1) is 12.8 Å². The molecule has 1 aromatic heterocycles. The SMILES string of the molecule is Cc1cc(Cl)c(C(=O)NCC(O)CC(C)C)cn1. The Bertz CT molecular complexity index is 421. The highest BCUT2D eigenvalue weighted by Crippen LogP contribution is 2.15. The third-order valence-corrected chi connectivity index (χ3v) is 2.79. The average molecular weight is 271 g/mol. The Morgan fingerprint density at radius 1 is 1.56 bits per heavy atom. The lowest BCUT2D eigenvalue weighted by molar-refractivity contribution is 0.0900. The van der Waals surface area contributed by atoms with E-state index in [1.807, 2.05) is 13.8 Å². The van der Waals surface area contributed by atoms with Crippen LogP contribution in [0.25, 0.3) is 0 Å². The van der Waals surface area contributed by atoms with Gasteiger partial charge in [-0.1, -0.05) is 25.4 Å². The molecule has 1 unspecified atom stereocenters. The number of hydrogen-bond acceptors (Lipinski definition) is 3. The van der Waals surface area contributed by atoms with Crippen molar-refractivity contribution >= 4 is 17.5 Å². The van der Waals surface area contributed by atoms with Gasteiger partial charge in [0.15, 0.2) is 0 Å². The van der Waals surface area contributed by atoms with E-state index in [1.54, 1.807) is 13.0 Å². The van der Waals surface area contributed by atoms with Crippen molar-refractivity contribution in [3.8, 4) is 0 Å². The Kier molecular flexibility index (Phi) is 5.56. The minimum Gasteiger partial charge on any atom is -0.391 e. The largest absolute Gasteiger partial charge is 0.391 e. The number of rotatable bonds is 5. The molecule has 0 fully saturated rings. The molecule has 1 amide bonds. The quantitative estimate of drug-likeness (QED) is 0.862. The van der Waals surface area contributed by atoms with Crippen molar-refractivity contribution in [1.29, 1.82) is 0 Å². The van der Waals surface area contributed by atoms with Gasteiger partial charge in [-0.15, -0.1) is 0 Å². The molecule has 0 radical (unpaired) electrons. The summed E-state index contributed by atoms with van der Waals surface area (Å²) in [7, 11) is 0. The molecule has 0 saturated carbocycles. The van der Waals surface area contributed by atoms with Gasteiger partial charge in [-0.2, -0.15) is 0 Å². The zero-order valence-electron chi connectivity index (χ0n) is 10.9. The lowest BCUT2D eigenvalue weighted by Crippen LogP contribution is -2.33. The predicted molar refractivity (Wildman–Crippen MR) is 71.8 cm³/mol. The molecule has 0 saturated heterocycles. The second-order valence-electron chi connectivity index (χ2n) is 4.80. The van der Waals surface area contributed by atoms with E-state index in [9.17, 15) is 9.90 Å². The molecule has 0 aliphatic heterocycles. The first-order valence-corrected chi connectivity index (χ1v) is 6.36. The maximum absolute atomic E-state index is 11.8. The summed E-state index contributed by atoms with van der Waals surface area (Å²) in [6, 6.07) is 1.64. The Morgan fingerprint density at radius 3 is 2.78 bits per heavy atom. The Labute approximate surface area is 112 Å². The third-order valence-electron chi connectivity index (χ3n) is 2.48. The van der Waals surface area contributed by atoms with Crippen LogP contribution in [0.1, 0.15) is 36.3 Å². The summed E-state index contributed by atoms with van der Waals surface area (Å²) in [5, 5.41) is 12.7. The predicted octanol–water partition coefficient (Wildman–Crippen LogP) is 2.18. The van der Waals surface area contributed by atoms with Gasteiger partial charge in [0.05, 0.1) is 16.7 Å². The van der Waals surface area contributed by atoms with E-state index in [2.05, 4.69) is 10.3 Å². The molecule has 2 N–H and O–H groups in total. The van der Waals surface area contributed by atoms with E-state index in [-0.39, 0.29) is 12.5 Å². The van der Waals surface area contributed by atoms with Gasteiger partial charge in [0.2, 0.25) is 0 Å². The van der Waals surface area contributed by atoms with E-state index in [1.165, 1.54) is 6.20 Å². The zero-order chi connectivity index (χ0) is 13.7. The maximum atomic E-state index is 11.8. The topological polar surface area (TPSA) is 62.2 Å². The molecule has 1 rings (SSSR count). The normalized spacial score (nSPS) is 12.6. The summed E-state index contributed by atoms with van der Waals surface area (Å²) < 4.78 is 0. The lowest BCUT2D eigenvalue weighted by atomic mass is 10.1. The molecule has 5 heteroatoms. The number of pyridine rings is 1. The summed E-state index contributed by atoms with van der Waals surface area (Å²) in [5.74, 6) is 0.0804. The molecule has 0 aromatic carbocycles. The fourth-order valence-electron chi connectivity index (χ4n) is 1.63. The van der Waals surface area contributed by atoms with E-state index in [4.69, 9.17) is 11.6 Å². The molecule has 1 heterocycles. The number of hydrogen-bond donors (Lipinski definition) is 2. The van der Waals surface area contributed by atoms with Crippen LogP contribution >= 0.6 is 11.6 Å². The second-order valence-corrected chi connectivity index (χ2v) is 5.21. The van der Waals surface area contributed by atoms with Crippen molar-refractivity contribution < 1.29 is 9.90 Å². The number of nitrogens with zero attached hydrogens (tertiary/aromatic N) is 1. The van der Waals surface area contributed by atoms with Crippen LogP contribution in [0.2, 0.25) is 5.02 Å². The average Bonchev–Trinajstić information content (AvgIpc) is 2.25. The maximum Gasteiger partial charge on any atom is 0.254 e.